The molecule has 0 fully saturated rings. The highest BCUT2D eigenvalue weighted by Crippen LogP contribution is 2.35. The van der Waals surface area contributed by atoms with Crippen molar-refractivity contribution in [1.82, 2.24) is 10.3 Å². The van der Waals surface area contributed by atoms with E-state index >= 15 is 0 Å². The number of amides is 1. The van der Waals surface area contributed by atoms with Crippen LogP contribution in [-0.4, -0.2) is 36.6 Å². The molecule has 2 heterocycles. The molecule has 4 rings (SSSR count). The van der Waals surface area contributed by atoms with Gasteiger partial charge < -0.3 is 9.47 Å². The maximum atomic E-state index is 12.8. The van der Waals surface area contributed by atoms with Crippen molar-refractivity contribution in [2.24, 2.45) is 10.1 Å². The maximum Gasteiger partial charge on any atom is 0.276 e. The molecule has 2 aromatic carbocycles. The van der Waals surface area contributed by atoms with Crippen LogP contribution in [0.4, 0.5) is 0 Å². The molecular formula is C19H18N4O3S. The summed E-state index contributed by atoms with van der Waals surface area (Å²) in [5.74, 6) is 1.04. The molecule has 27 heavy (non-hydrogen) atoms. The van der Waals surface area contributed by atoms with Crippen LogP contribution < -0.4 is 25.4 Å². The normalized spacial score (nSPS) is 18.0. The second-order valence-corrected chi connectivity index (χ2v) is 6.69. The minimum absolute atomic E-state index is 0.192. The molecule has 2 aliphatic heterocycles. The van der Waals surface area contributed by atoms with E-state index in [1.54, 1.807) is 19.2 Å². The Morgan fingerprint density at radius 2 is 1.89 bits per heavy atom. The fraction of sp³-hybridized carbons (Fsp3) is 0.211. The molecule has 0 saturated carbocycles. The number of methoxy groups -OCH3 is 2. The van der Waals surface area contributed by atoms with Gasteiger partial charge in [-0.05, 0) is 24.5 Å². The zero-order valence-electron chi connectivity index (χ0n) is 15.1. The molecule has 2 aliphatic rings. The molecular weight excluding hydrogens is 364 g/mol. The Morgan fingerprint density at radius 1 is 1.11 bits per heavy atom. The van der Waals surface area contributed by atoms with E-state index in [1.807, 2.05) is 48.7 Å². The second kappa shape index (κ2) is 6.96. The molecule has 8 heteroatoms. The van der Waals surface area contributed by atoms with Gasteiger partial charge in [0.2, 0.25) is 0 Å². The molecule has 0 spiro atoms. The minimum Gasteiger partial charge on any atom is -0.493 e. The summed E-state index contributed by atoms with van der Waals surface area (Å²) in [7, 11) is 3.18. The molecule has 0 saturated heterocycles. The molecule has 1 atom stereocenters. The molecule has 138 valence electrons. The number of amidine groups is 1. The van der Waals surface area contributed by atoms with Crippen molar-refractivity contribution in [3.63, 3.8) is 0 Å². The Kier molecular flexibility index (Phi) is 4.49. The molecule has 7 nitrogen and oxygen atoms in total. The van der Waals surface area contributed by atoms with Gasteiger partial charge >= 0.3 is 0 Å². The smallest absolute Gasteiger partial charge is 0.276 e. The number of thioether (sulfide) groups is 1. The number of benzene rings is 2. The lowest BCUT2D eigenvalue weighted by atomic mass is 10.1. The van der Waals surface area contributed by atoms with E-state index < -0.39 is 6.17 Å². The third-order valence-electron chi connectivity index (χ3n) is 4.41. The maximum absolute atomic E-state index is 12.8. The van der Waals surface area contributed by atoms with Crippen LogP contribution >= 0.6 is 11.8 Å². The van der Waals surface area contributed by atoms with Crippen LogP contribution in [0.2, 0.25) is 0 Å². The summed E-state index contributed by atoms with van der Waals surface area (Å²) in [5, 5.41) is 11.2. The molecule has 0 radical (unpaired) electrons. The first-order valence-corrected chi connectivity index (χ1v) is 9.51. The van der Waals surface area contributed by atoms with Crippen LogP contribution in [-0.2, 0) is 4.79 Å². The van der Waals surface area contributed by atoms with Crippen LogP contribution in [0.5, 0.6) is 11.5 Å². The van der Waals surface area contributed by atoms with Crippen molar-refractivity contribution in [3.05, 3.63) is 58.6 Å². The van der Waals surface area contributed by atoms with E-state index in [9.17, 15) is 4.79 Å². The van der Waals surface area contributed by atoms with Crippen LogP contribution in [0.3, 0.4) is 0 Å². The Balaban J connectivity index is 1.94. The number of carbonyl (C=O) groups excluding carboxylic acids is 1. The van der Waals surface area contributed by atoms with E-state index in [-0.39, 0.29) is 5.91 Å². The van der Waals surface area contributed by atoms with Crippen LogP contribution in [0.25, 0.3) is 5.70 Å². The van der Waals surface area contributed by atoms with Gasteiger partial charge in [-0.2, -0.15) is 0 Å². The topological polar surface area (TPSA) is 75.5 Å². The number of nitrogens with zero attached hydrogens (tertiary/aromatic N) is 3. The lowest BCUT2D eigenvalue weighted by Crippen LogP contribution is -2.50. The van der Waals surface area contributed by atoms with E-state index in [0.717, 1.165) is 16.1 Å². The largest absolute Gasteiger partial charge is 0.493 e. The molecule has 1 N–H and O–H groups in total. The van der Waals surface area contributed by atoms with Gasteiger partial charge in [0.05, 0.1) is 19.6 Å². The van der Waals surface area contributed by atoms with Gasteiger partial charge in [0.15, 0.2) is 22.8 Å². The van der Waals surface area contributed by atoms with Gasteiger partial charge in [-0.1, -0.05) is 36.0 Å². The standard InChI is InChI=1S/C19H18N4O3S/c1-25-14-9-8-11(10-15(14)26-2)17-20-13-7-5-4-6-12(13)16-18(24)21-19(27-3)22-23(16)17/h4-10,17H,1-3H3,(H,21,22,24)/t17-/m1/s1. The molecule has 0 bridgehead atoms. The summed E-state index contributed by atoms with van der Waals surface area (Å²) in [6, 6.07) is 13.2. The van der Waals surface area contributed by atoms with Crippen molar-refractivity contribution in [1.29, 1.82) is 0 Å². The molecule has 1 amide bonds. The van der Waals surface area contributed by atoms with Crippen molar-refractivity contribution < 1.29 is 14.3 Å². The SMILES string of the molecule is COc1ccc([C@@H]2N=c3ccccc3=C3C(=O)NC(SC)=NN32)cc1OC. The number of para-hydroxylation sites is 1. The van der Waals surface area contributed by atoms with Crippen LogP contribution in [0.1, 0.15) is 11.7 Å². The number of rotatable bonds is 3. The van der Waals surface area contributed by atoms with Gasteiger partial charge in [-0.25, -0.2) is 5.01 Å². The fourth-order valence-corrected chi connectivity index (χ4v) is 3.51. The summed E-state index contributed by atoms with van der Waals surface area (Å²) in [6.45, 7) is 0. The van der Waals surface area contributed by atoms with Gasteiger partial charge in [0.1, 0.15) is 5.70 Å². The van der Waals surface area contributed by atoms with E-state index in [4.69, 9.17) is 14.5 Å². The minimum atomic E-state index is -0.483. The van der Waals surface area contributed by atoms with Gasteiger partial charge in [0, 0.05) is 10.8 Å². The fourth-order valence-electron chi connectivity index (χ4n) is 3.15. The van der Waals surface area contributed by atoms with E-state index in [2.05, 4.69) is 10.4 Å². The highest BCUT2D eigenvalue weighted by Gasteiger charge is 2.34. The number of fused-ring (bicyclic) bond motifs is 2. The predicted octanol–water partition coefficient (Wildman–Crippen LogP) is 1.21. The molecule has 0 aromatic heterocycles. The Labute approximate surface area is 160 Å². The van der Waals surface area contributed by atoms with Crippen molar-refractivity contribution >= 4 is 28.5 Å². The van der Waals surface area contributed by atoms with Crippen molar-refractivity contribution in [2.45, 2.75) is 6.17 Å². The zero-order chi connectivity index (χ0) is 19.0. The number of carbonyl (C=O) groups is 1. The number of nitrogens with one attached hydrogen (secondary N) is 1. The summed E-state index contributed by atoms with van der Waals surface area (Å²) in [5.41, 5.74) is 1.33. The summed E-state index contributed by atoms with van der Waals surface area (Å²) >= 11 is 1.37. The molecule has 0 unspecified atom stereocenters. The Hall–Kier alpha value is -3.00. The van der Waals surface area contributed by atoms with E-state index in [1.165, 1.54) is 11.8 Å². The monoisotopic (exact) mass is 382 g/mol. The zero-order valence-corrected chi connectivity index (χ0v) is 15.9. The Bertz CT molecular complexity index is 1070. The second-order valence-electron chi connectivity index (χ2n) is 5.89. The van der Waals surface area contributed by atoms with Gasteiger partial charge in [0.25, 0.3) is 5.91 Å². The first kappa shape index (κ1) is 17.4. The van der Waals surface area contributed by atoms with Crippen LogP contribution in [0.15, 0.2) is 52.6 Å². The Morgan fingerprint density at radius 3 is 2.63 bits per heavy atom. The van der Waals surface area contributed by atoms with Gasteiger partial charge in [-0.3, -0.25) is 15.1 Å². The molecule has 0 aliphatic carbocycles. The number of ether oxygens (including phenoxy) is 2. The van der Waals surface area contributed by atoms with Crippen molar-refractivity contribution in [3.8, 4) is 11.5 Å². The lowest BCUT2D eigenvalue weighted by Gasteiger charge is -2.34. The number of hydrogen-bond acceptors (Lipinski definition) is 7. The third kappa shape index (κ3) is 2.91. The number of hydrogen-bond donors (Lipinski definition) is 1. The van der Waals surface area contributed by atoms with Gasteiger partial charge in [-0.15, -0.1) is 5.10 Å². The van der Waals surface area contributed by atoms with Crippen molar-refractivity contribution in [2.75, 3.05) is 20.5 Å². The first-order chi connectivity index (χ1) is 13.2. The average Bonchev–Trinajstić information content (AvgIpc) is 2.72. The average molecular weight is 382 g/mol. The molecule has 2 aromatic rings. The third-order valence-corrected chi connectivity index (χ3v) is 4.98. The highest BCUT2D eigenvalue weighted by atomic mass is 32.2. The quantitative estimate of drug-likeness (QED) is 0.864. The summed E-state index contributed by atoms with van der Waals surface area (Å²) in [6.07, 6.45) is 1.38. The first-order valence-electron chi connectivity index (χ1n) is 8.28. The summed E-state index contributed by atoms with van der Waals surface area (Å²) < 4.78 is 10.7. The van der Waals surface area contributed by atoms with E-state index in [0.29, 0.717) is 22.4 Å². The van der Waals surface area contributed by atoms with Crippen LogP contribution in [0, 0.1) is 0 Å². The summed E-state index contributed by atoms with van der Waals surface area (Å²) in [4.78, 5) is 17.6. The predicted molar refractivity (Wildman–Crippen MR) is 104 cm³/mol. The lowest BCUT2D eigenvalue weighted by molar-refractivity contribution is -0.116. The highest BCUT2D eigenvalue weighted by molar-refractivity contribution is 8.13. The number of hydrazone groups is 1.